The third-order valence-electron chi connectivity index (χ3n) is 2.30. The molecule has 6 heteroatoms. The SMILES string of the molecule is CN(C)c1cc(Nc2ccc(Cl)c(F)c2)ncn1. The predicted octanol–water partition coefficient (Wildman–Crippen LogP) is 3.08. The van der Waals surface area contributed by atoms with Crippen molar-refractivity contribution in [2.24, 2.45) is 0 Å². The van der Waals surface area contributed by atoms with E-state index >= 15 is 0 Å². The highest BCUT2D eigenvalue weighted by Crippen LogP contribution is 2.22. The summed E-state index contributed by atoms with van der Waals surface area (Å²) in [6.07, 6.45) is 1.45. The average Bonchev–Trinajstić information content (AvgIpc) is 2.34. The van der Waals surface area contributed by atoms with Gasteiger partial charge in [0, 0.05) is 25.8 Å². The van der Waals surface area contributed by atoms with Crippen LogP contribution < -0.4 is 10.2 Å². The van der Waals surface area contributed by atoms with Gasteiger partial charge in [0.1, 0.15) is 23.8 Å². The summed E-state index contributed by atoms with van der Waals surface area (Å²) >= 11 is 5.62. The molecule has 0 radical (unpaired) electrons. The van der Waals surface area contributed by atoms with E-state index in [1.165, 1.54) is 18.5 Å². The van der Waals surface area contributed by atoms with Crippen LogP contribution in [0.3, 0.4) is 0 Å². The van der Waals surface area contributed by atoms with Gasteiger partial charge in [-0.1, -0.05) is 11.6 Å². The van der Waals surface area contributed by atoms with Crippen molar-refractivity contribution in [3.63, 3.8) is 0 Å². The molecule has 18 heavy (non-hydrogen) atoms. The van der Waals surface area contributed by atoms with Crippen LogP contribution in [0.15, 0.2) is 30.6 Å². The van der Waals surface area contributed by atoms with E-state index in [-0.39, 0.29) is 5.02 Å². The molecule has 0 fully saturated rings. The van der Waals surface area contributed by atoms with Crippen molar-refractivity contribution in [2.75, 3.05) is 24.3 Å². The molecule has 0 unspecified atom stereocenters. The molecular weight excluding hydrogens is 255 g/mol. The van der Waals surface area contributed by atoms with E-state index in [1.807, 2.05) is 19.0 Å². The van der Waals surface area contributed by atoms with Crippen LogP contribution >= 0.6 is 11.6 Å². The summed E-state index contributed by atoms with van der Waals surface area (Å²) in [4.78, 5) is 10.0. The average molecular weight is 267 g/mol. The molecule has 1 N–H and O–H groups in total. The molecule has 0 aliphatic heterocycles. The quantitative estimate of drug-likeness (QED) is 0.927. The van der Waals surface area contributed by atoms with Crippen LogP contribution in [-0.2, 0) is 0 Å². The highest BCUT2D eigenvalue weighted by Gasteiger charge is 2.04. The summed E-state index contributed by atoms with van der Waals surface area (Å²) < 4.78 is 13.3. The summed E-state index contributed by atoms with van der Waals surface area (Å²) in [6, 6.07) is 6.27. The lowest BCUT2D eigenvalue weighted by Gasteiger charge is -2.12. The standard InChI is InChI=1S/C12H12ClFN4/c1-18(2)12-6-11(15-7-16-12)17-8-3-4-9(13)10(14)5-8/h3-7H,1-2H3,(H,15,16,17). The zero-order valence-corrected chi connectivity index (χ0v) is 10.7. The summed E-state index contributed by atoms with van der Waals surface area (Å²) in [5, 5.41) is 3.09. The van der Waals surface area contributed by atoms with Crippen LogP contribution in [0.25, 0.3) is 0 Å². The predicted molar refractivity (Wildman–Crippen MR) is 71.1 cm³/mol. The molecule has 0 aliphatic rings. The number of nitrogens with zero attached hydrogens (tertiary/aromatic N) is 3. The molecule has 94 valence electrons. The smallest absolute Gasteiger partial charge is 0.143 e. The van der Waals surface area contributed by atoms with E-state index in [0.717, 1.165) is 5.82 Å². The minimum atomic E-state index is -0.469. The third-order valence-corrected chi connectivity index (χ3v) is 2.61. The molecule has 0 atom stereocenters. The Labute approximate surface area is 109 Å². The highest BCUT2D eigenvalue weighted by atomic mass is 35.5. The molecule has 4 nitrogen and oxygen atoms in total. The molecule has 0 bridgehead atoms. The molecule has 1 heterocycles. The molecule has 1 aromatic heterocycles. The van der Waals surface area contributed by atoms with Crippen molar-refractivity contribution in [1.82, 2.24) is 9.97 Å². The van der Waals surface area contributed by atoms with Crippen LogP contribution in [0.1, 0.15) is 0 Å². The second kappa shape index (κ2) is 5.18. The lowest BCUT2D eigenvalue weighted by Crippen LogP contribution is -2.11. The Balaban J connectivity index is 2.23. The Bertz CT molecular complexity index is 560. The van der Waals surface area contributed by atoms with E-state index in [2.05, 4.69) is 15.3 Å². The number of benzene rings is 1. The van der Waals surface area contributed by atoms with Crippen molar-refractivity contribution >= 4 is 28.9 Å². The van der Waals surface area contributed by atoms with E-state index in [1.54, 1.807) is 12.1 Å². The zero-order chi connectivity index (χ0) is 13.1. The number of aromatic nitrogens is 2. The second-order valence-corrected chi connectivity index (χ2v) is 4.32. The van der Waals surface area contributed by atoms with Gasteiger partial charge >= 0.3 is 0 Å². The van der Waals surface area contributed by atoms with Crippen LogP contribution in [-0.4, -0.2) is 24.1 Å². The van der Waals surface area contributed by atoms with Crippen LogP contribution in [0.4, 0.5) is 21.7 Å². The fourth-order valence-corrected chi connectivity index (χ4v) is 1.50. The Morgan fingerprint density at radius 2 is 2.00 bits per heavy atom. The Morgan fingerprint density at radius 1 is 1.22 bits per heavy atom. The van der Waals surface area contributed by atoms with E-state index in [9.17, 15) is 4.39 Å². The number of rotatable bonds is 3. The normalized spacial score (nSPS) is 10.2. The number of hydrogen-bond donors (Lipinski definition) is 1. The van der Waals surface area contributed by atoms with Gasteiger partial charge in [0.05, 0.1) is 5.02 Å². The Hall–Kier alpha value is -1.88. The van der Waals surface area contributed by atoms with Crippen molar-refractivity contribution in [3.05, 3.63) is 41.4 Å². The maximum atomic E-state index is 13.3. The topological polar surface area (TPSA) is 41.0 Å². The molecule has 0 aliphatic carbocycles. The molecule has 2 rings (SSSR count). The van der Waals surface area contributed by atoms with Gasteiger partial charge < -0.3 is 10.2 Å². The Kier molecular flexibility index (Phi) is 3.62. The fraction of sp³-hybridized carbons (Fsp3) is 0.167. The highest BCUT2D eigenvalue weighted by molar-refractivity contribution is 6.30. The van der Waals surface area contributed by atoms with E-state index < -0.39 is 5.82 Å². The molecule has 1 aromatic carbocycles. The van der Waals surface area contributed by atoms with Gasteiger partial charge in [-0.3, -0.25) is 0 Å². The minimum Gasteiger partial charge on any atom is -0.363 e. The number of halogens is 2. The van der Waals surface area contributed by atoms with E-state index in [4.69, 9.17) is 11.6 Å². The van der Waals surface area contributed by atoms with Gasteiger partial charge in [0.15, 0.2) is 0 Å². The lowest BCUT2D eigenvalue weighted by atomic mass is 10.3. The maximum Gasteiger partial charge on any atom is 0.143 e. The van der Waals surface area contributed by atoms with Crippen molar-refractivity contribution in [1.29, 1.82) is 0 Å². The first-order valence-corrected chi connectivity index (χ1v) is 5.65. The number of hydrogen-bond acceptors (Lipinski definition) is 4. The summed E-state index contributed by atoms with van der Waals surface area (Å²) in [5.41, 5.74) is 0.584. The van der Waals surface area contributed by atoms with Crippen LogP contribution in [0.2, 0.25) is 5.02 Å². The summed E-state index contributed by atoms with van der Waals surface area (Å²) in [5.74, 6) is 0.890. The summed E-state index contributed by atoms with van der Waals surface area (Å²) in [6.45, 7) is 0. The van der Waals surface area contributed by atoms with Gasteiger partial charge in [0.2, 0.25) is 0 Å². The summed E-state index contributed by atoms with van der Waals surface area (Å²) in [7, 11) is 3.77. The minimum absolute atomic E-state index is 0.0946. The molecule has 0 saturated heterocycles. The van der Waals surface area contributed by atoms with Crippen molar-refractivity contribution in [2.45, 2.75) is 0 Å². The maximum absolute atomic E-state index is 13.3. The molecule has 2 aromatic rings. The lowest BCUT2D eigenvalue weighted by molar-refractivity contribution is 0.629. The van der Waals surface area contributed by atoms with Gasteiger partial charge in [0.25, 0.3) is 0 Å². The largest absolute Gasteiger partial charge is 0.363 e. The van der Waals surface area contributed by atoms with Crippen LogP contribution in [0, 0.1) is 5.82 Å². The zero-order valence-electron chi connectivity index (χ0n) is 9.98. The van der Waals surface area contributed by atoms with Gasteiger partial charge in [-0.25, -0.2) is 14.4 Å². The molecular formula is C12H12ClFN4. The molecule has 0 amide bonds. The first-order chi connectivity index (χ1) is 8.56. The van der Waals surface area contributed by atoms with E-state index in [0.29, 0.717) is 11.5 Å². The van der Waals surface area contributed by atoms with Crippen LogP contribution in [0.5, 0.6) is 0 Å². The molecule has 0 spiro atoms. The Morgan fingerprint density at radius 3 is 2.67 bits per heavy atom. The van der Waals surface area contributed by atoms with Crippen molar-refractivity contribution < 1.29 is 4.39 Å². The van der Waals surface area contributed by atoms with Gasteiger partial charge in [-0.2, -0.15) is 0 Å². The first kappa shape index (κ1) is 12.6. The monoisotopic (exact) mass is 266 g/mol. The fourth-order valence-electron chi connectivity index (χ4n) is 1.38. The van der Waals surface area contributed by atoms with Gasteiger partial charge in [-0.05, 0) is 18.2 Å². The first-order valence-electron chi connectivity index (χ1n) is 5.27. The molecule has 0 saturated carbocycles. The van der Waals surface area contributed by atoms with Crippen molar-refractivity contribution in [3.8, 4) is 0 Å². The second-order valence-electron chi connectivity index (χ2n) is 3.91. The third kappa shape index (κ3) is 2.87. The van der Waals surface area contributed by atoms with Gasteiger partial charge in [-0.15, -0.1) is 0 Å². The number of nitrogens with one attached hydrogen (secondary N) is 1. The number of anilines is 3.